The fraction of sp³-hybridized carbons (Fsp3) is 0.217. The summed E-state index contributed by atoms with van der Waals surface area (Å²) in [5.74, 6) is 2.45. The zero-order chi connectivity index (χ0) is 18.2. The molecule has 0 atom stereocenters. The van der Waals surface area contributed by atoms with E-state index in [4.69, 9.17) is 14.2 Å². The van der Waals surface area contributed by atoms with Gasteiger partial charge in [0.25, 0.3) is 0 Å². The molecule has 0 saturated carbocycles. The molecular weight excluding hydrogens is 324 g/mol. The molecule has 0 bridgehead atoms. The lowest BCUT2D eigenvalue weighted by Gasteiger charge is -2.13. The maximum Gasteiger partial charge on any atom is 0.123 e. The highest BCUT2D eigenvalue weighted by atomic mass is 16.5. The van der Waals surface area contributed by atoms with Gasteiger partial charge in [-0.3, -0.25) is 0 Å². The summed E-state index contributed by atoms with van der Waals surface area (Å²) in [5.41, 5.74) is 3.56. The predicted molar refractivity (Wildman–Crippen MR) is 104 cm³/mol. The van der Waals surface area contributed by atoms with E-state index < -0.39 is 0 Å². The zero-order valence-electron chi connectivity index (χ0n) is 15.3. The van der Waals surface area contributed by atoms with Crippen molar-refractivity contribution in [3.63, 3.8) is 0 Å². The van der Waals surface area contributed by atoms with Crippen LogP contribution in [0, 0.1) is 0 Å². The molecule has 0 aliphatic heterocycles. The Morgan fingerprint density at radius 3 is 2.00 bits per heavy atom. The van der Waals surface area contributed by atoms with Crippen LogP contribution >= 0.6 is 0 Å². The highest BCUT2D eigenvalue weighted by Gasteiger charge is 2.06. The van der Waals surface area contributed by atoms with Crippen LogP contribution in [0.5, 0.6) is 17.2 Å². The number of ether oxygens (including phenoxy) is 3. The third kappa shape index (κ3) is 4.79. The number of benzene rings is 3. The lowest BCUT2D eigenvalue weighted by atomic mass is 10.0. The molecular formula is C23H24O3. The number of hydrogen-bond acceptors (Lipinski definition) is 3. The number of hydrogen-bond donors (Lipinski definition) is 0. The van der Waals surface area contributed by atoms with Gasteiger partial charge in [0.05, 0.1) is 14.2 Å². The molecule has 0 saturated heterocycles. The first-order valence-corrected chi connectivity index (χ1v) is 8.75. The summed E-state index contributed by atoms with van der Waals surface area (Å²) in [5, 5.41) is 0. The molecule has 0 radical (unpaired) electrons. The maximum absolute atomic E-state index is 6.10. The molecule has 3 nitrogen and oxygen atoms in total. The molecule has 0 N–H and O–H groups in total. The molecule has 0 aliphatic carbocycles. The molecule has 3 rings (SSSR count). The van der Waals surface area contributed by atoms with Gasteiger partial charge >= 0.3 is 0 Å². The first-order chi connectivity index (χ1) is 12.8. The van der Waals surface area contributed by atoms with E-state index in [1.54, 1.807) is 14.2 Å². The minimum atomic E-state index is 0.468. The third-order valence-corrected chi connectivity index (χ3v) is 4.30. The van der Waals surface area contributed by atoms with Gasteiger partial charge in [-0.1, -0.05) is 48.5 Å². The number of rotatable bonds is 8. The van der Waals surface area contributed by atoms with Crippen LogP contribution in [0.1, 0.15) is 16.7 Å². The smallest absolute Gasteiger partial charge is 0.123 e. The molecule has 0 aromatic heterocycles. The van der Waals surface area contributed by atoms with Crippen LogP contribution in [-0.2, 0) is 19.4 Å². The zero-order valence-corrected chi connectivity index (χ0v) is 15.3. The van der Waals surface area contributed by atoms with Crippen molar-refractivity contribution in [3.8, 4) is 17.2 Å². The average molecular weight is 348 g/mol. The summed E-state index contributed by atoms with van der Waals surface area (Å²) in [7, 11) is 3.30. The Labute approximate surface area is 155 Å². The molecule has 0 heterocycles. The second-order valence-electron chi connectivity index (χ2n) is 6.10. The normalized spacial score (nSPS) is 10.4. The molecule has 3 aromatic rings. The fourth-order valence-electron chi connectivity index (χ4n) is 2.89. The molecule has 0 spiro atoms. The Hall–Kier alpha value is -2.94. The van der Waals surface area contributed by atoms with Crippen molar-refractivity contribution >= 4 is 0 Å². The second-order valence-corrected chi connectivity index (χ2v) is 6.10. The van der Waals surface area contributed by atoms with Gasteiger partial charge in [-0.25, -0.2) is 0 Å². The summed E-state index contributed by atoms with van der Waals surface area (Å²) in [6.07, 6.45) is 1.94. The fourth-order valence-corrected chi connectivity index (χ4v) is 2.89. The van der Waals surface area contributed by atoms with Crippen molar-refractivity contribution in [1.82, 2.24) is 0 Å². The van der Waals surface area contributed by atoms with Crippen LogP contribution in [0.15, 0.2) is 72.8 Å². The molecule has 3 heteroatoms. The number of aryl methyl sites for hydroxylation is 2. The summed E-state index contributed by atoms with van der Waals surface area (Å²) >= 11 is 0. The Morgan fingerprint density at radius 1 is 0.654 bits per heavy atom. The van der Waals surface area contributed by atoms with Crippen molar-refractivity contribution in [2.24, 2.45) is 0 Å². The van der Waals surface area contributed by atoms with Gasteiger partial charge < -0.3 is 14.2 Å². The van der Waals surface area contributed by atoms with E-state index >= 15 is 0 Å². The Bertz CT molecular complexity index is 806. The van der Waals surface area contributed by atoms with E-state index in [9.17, 15) is 0 Å². The van der Waals surface area contributed by atoms with Crippen molar-refractivity contribution in [1.29, 1.82) is 0 Å². The highest BCUT2D eigenvalue weighted by Crippen LogP contribution is 2.25. The maximum atomic E-state index is 6.10. The summed E-state index contributed by atoms with van der Waals surface area (Å²) in [6, 6.07) is 24.5. The van der Waals surface area contributed by atoms with Gasteiger partial charge in [0, 0.05) is 6.07 Å². The molecule has 134 valence electrons. The Kier molecular flexibility index (Phi) is 6.15. The Balaban J connectivity index is 1.68. The van der Waals surface area contributed by atoms with Gasteiger partial charge in [0.2, 0.25) is 0 Å². The average Bonchev–Trinajstić information content (AvgIpc) is 2.71. The second kappa shape index (κ2) is 8.95. The van der Waals surface area contributed by atoms with Crippen LogP contribution in [0.2, 0.25) is 0 Å². The van der Waals surface area contributed by atoms with Crippen LogP contribution < -0.4 is 14.2 Å². The molecule has 0 aliphatic rings. The van der Waals surface area contributed by atoms with Gasteiger partial charge in [-0.15, -0.1) is 0 Å². The summed E-state index contributed by atoms with van der Waals surface area (Å²) < 4.78 is 16.7. The minimum absolute atomic E-state index is 0.468. The summed E-state index contributed by atoms with van der Waals surface area (Å²) in [4.78, 5) is 0. The monoisotopic (exact) mass is 348 g/mol. The molecule has 26 heavy (non-hydrogen) atoms. The molecule has 3 aromatic carbocycles. The molecule has 0 amide bonds. The van der Waals surface area contributed by atoms with Crippen molar-refractivity contribution < 1.29 is 14.2 Å². The predicted octanol–water partition coefficient (Wildman–Crippen LogP) is 5.07. The first-order valence-electron chi connectivity index (χ1n) is 8.75. The summed E-state index contributed by atoms with van der Waals surface area (Å²) in [6.45, 7) is 0.468. The van der Waals surface area contributed by atoms with Crippen LogP contribution in [0.3, 0.4) is 0 Å². The standard InChI is InChI=1S/C23H24O3/c1-24-21-14-19(15-22(16-21)25-2)17-26-23-11-7-6-10-20(23)13-12-18-8-4-3-5-9-18/h3-11,14-16H,12-13,17H2,1-2H3. The van der Waals surface area contributed by atoms with Crippen molar-refractivity contribution in [3.05, 3.63) is 89.5 Å². The Morgan fingerprint density at radius 2 is 1.31 bits per heavy atom. The van der Waals surface area contributed by atoms with Gasteiger partial charge in [0.1, 0.15) is 23.9 Å². The molecule has 0 unspecified atom stereocenters. The largest absolute Gasteiger partial charge is 0.497 e. The van der Waals surface area contributed by atoms with Gasteiger partial charge in [-0.05, 0) is 47.7 Å². The van der Waals surface area contributed by atoms with E-state index in [-0.39, 0.29) is 0 Å². The lowest BCUT2D eigenvalue weighted by molar-refractivity contribution is 0.300. The van der Waals surface area contributed by atoms with E-state index in [1.807, 2.05) is 36.4 Å². The van der Waals surface area contributed by atoms with Crippen LogP contribution in [0.25, 0.3) is 0 Å². The topological polar surface area (TPSA) is 27.7 Å². The quantitative estimate of drug-likeness (QED) is 0.569. The van der Waals surface area contributed by atoms with Crippen LogP contribution in [0.4, 0.5) is 0 Å². The van der Waals surface area contributed by atoms with E-state index in [1.165, 1.54) is 11.1 Å². The van der Waals surface area contributed by atoms with Crippen molar-refractivity contribution in [2.45, 2.75) is 19.4 Å². The first kappa shape index (κ1) is 17.9. The lowest BCUT2D eigenvalue weighted by Crippen LogP contribution is -2.01. The molecule has 0 fully saturated rings. The van der Waals surface area contributed by atoms with Gasteiger partial charge in [0.15, 0.2) is 0 Å². The van der Waals surface area contributed by atoms with E-state index in [0.29, 0.717) is 6.61 Å². The third-order valence-electron chi connectivity index (χ3n) is 4.30. The van der Waals surface area contributed by atoms with Crippen molar-refractivity contribution in [2.75, 3.05) is 14.2 Å². The minimum Gasteiger partial charge on any atom is -0.497 e. The SMILES string of the molecule is COc1cc(COc2ccccc2CCc2ccccc2)cc(OC)c1. The van der Waals surface area contributed by atoms with Gasteiger partial charge in [-0.2, -0.15) is 0 Å². The highest BCUT2D eigenvalue weighted by molar-refractivity contribution is 5.39. The van der Waals surface area contributed by atoms with Crippen LogP contribution in [-0.4, -0.2) is 14.2 Å². The van der Waals surface area contributed by atoms with E-state index in [0.717, 1.165) is 35.7 Å². The van der Waals surface area contributed by atoms with E-state index in [2.05, 4.69) is 36.4 Å². The number of methoxy groups -OCH3 is 2. The number of para-hydroxylation sites is 1.